The first-order valence-corrected chi connectivity index (χ1v) is 6.73. The van der Waals surface area contributed by atoms with Crippen molar-refractivity contribution in [3.8, 4) is 0 Å². The molecule has 0 aliphatic carbocycles. The summed E-state index contributed by atoms with van der Waals surface area (Å²) in [6.45, 7) is 7.34. The Morgan fingerprint density at radius 3 is 1.19 bits per heavy atom. The van der Waals surface area contributed by atoms with E-state index in [0.29, 0.717) is 19.8 Å². The molecule has 16 heavy (non-hydrogen) atoms. The number of rotatable bonds is 9. The van der Waals surface area contributed by atoms with Gasteiger partial charge in [-0.05, 0) is 19.3 Å². The Bertz CT molecular complexity index is 119. The molecule has 0 saturated carbocycles. The highest BCUT2D eigenvalue weighted by Crippen LogP contribution is 2.58. The van der Waals surface area contributed by atoms with Gasteiger partial charge in [0.15, 0.2) is 0 Å². The normalized spacial score (nSPS) is 10.5. The highest BCUT2D eigenvalue weighted by Gasteiger charge is 2.43. The van der Waals surface area contributed by atoms with Crippen molar-refractivity contribution >= 4 is 33.0 Å². The van der Waals surface area contributed by atoms with E-state index in [1.54, 1.807) is 0 Å². The molecule has 102 valence electrons. The van der Waals surface area contributed by atoms with Gasteiger partial charge < -0.3 is 0 Å². The highest BCUT2D eigenvalue weighted by atomic mass is 35.5. The standard InChI is InChI=1S/C9H22O4P.2ClH/c1-4-7-11-14(10,12-8-5-2)13-9-6-3;;/h10H,4-9H2,1-3H3;2*1H/q+1;;. The second-order valence-electron chi connectivity index (χ2n) is 2.97. The second kappa shape index (κ2) is 13.9. The lowest BCUT2D eigenvalue weighted by Gasteiger charge is -2.13. The third kappa shape index (κ3) is 11.3. The minimum absolute atomic E-state index is 0. The molecule has 7 heteroatoms. The molecule has 0 unspecified atom stereocenters. The first kappa shape index (κ1) is 22.1. The Morgan fingerprint density at radius 2 is 1.00 bits per heavy atom. The second-order valence-corrected chi connectivity index (χ2v) is 4.68. The van der Waals surface area contributed by atoms with Crippen LogP contribution in [0.1, 0.15) is 40.0 Å². The van der Waals surface area contributed by atoms with Crippen molar-refractivity contribution in [1.82, 2.24) is 0 Å². The first-order chi connectivity index (χ1) is 6.68. The van der Waals surface area contributed by atoms with Crippen LogP contribution in [-0.2, 0) is 13.6 Å². The minimum Gasteiger partial charge on any atom is -0.168 e. The van der Waals surface area contributed by atoms with Crippen molar-refractivity contribution in [3.05, 3.63) is 0 Å². The maximum atomic E-state index is 9.85. The summed E-state index contributed by atoms with van der Waals surface area (Å²) in [7, 11) is -3.02. The highest BCUT2D eigenvalue weighted by molar-refractivity contribution is 7.55. The molecule has 1 N–H and O–H groups in total. The van der Waals surface area contributed by atoms with Gasteiger partial charge in [-0.15, -0.1) is 24.8 Å². The van der Waals surface area contributed by atoms with Crippen molar-refractivity contribution in [2.45, 2.75) is 40.0 Å². The predicted molar refractivity (Wildman–Crippen MR) is 72.4 cm³/mol. The van der Waals surface area contributed by atoms with E-state index in [4.69, 9.17) is 13.6 Å². The van der Waals surface area contributed by atoms with Crippen LogP contribution in [0.15, 0.2) is 0 Å². The van der Waals surface area contributed by atoms with Crippen LogP contribution >= 0.6 is 33.0 Å². The molecule has 0 heterocycles. The Labute approximate surface area is 112 Å². The Morgan fingerprint density at radius 1 is 0.750 bits per heavy atom. The molecule has 0 rings (SSSR count). The fourth-order valence-corrected chi connectivity index (χ4v) is 2.20. The zero-order valence-corrected chi connectivity index (χ0v) is 12.7. The summed E-state index contributed by atoms with van der Waals surface area (Å²) in [6.07, 6.45) is 2.52. The number of hydrogen-bond donors (Lipinski definition) is 1. The molecule has 0 aliphatic rings. The maximum absolute atomic E-state index is 9.85. The third-order valence-corrected chi connectivity index (χ3v) is 2.90. The summed E-state index contributed by atoms with van der Waals surface area (Å²) in [5.41, 5.74) is 0. The Hall–Kier alpha value is 0.850. The van der Waals surface area contributed by atoms with Gasteiger partial charge >= 0.3 is 8.17 Å². The van der Waals surface area contributed by atoms with Crippen molar-refractivity contribution in [2.24, 2.45) is 0 Å². The van der Waals surface area contributed by atoms with E-state index >= 15 is 0 Å². The lowest BCUT2D eigenvalue weighted by molar-refractivity contribution is 0.0813. The molecule has 0 saturated heterocycles. The van der Waals surface area contributed by atoms with Crippen LogP contribution in [0.25, 0.3) is 0 Å². The zero-order valence-electron chi connectivity index (χ0n) is 10.2. The van der Waals surface area contributed by atoms with Gasteiger partial charge in [0.1, 0.15) is 0 Å². The third-order valence-electron chi connectivity index (χ3n) is 1.38. The molecule has 4 nitrogen and oxygen atoms in total. The van der Waals surface area contributed by atoms with Crippen molar-refractivity contribution in [2.75, 3.05) is 19.8 Å². The van der Waals surface area contributed by atoms with Gasteiger partial charge in [0.2, 0.25) is 0 Å². The van der Waals surface area contributed by atoms with Gasteiger partial charge in [-0.3, -0.25) is 0 Å². The molecule has 0 bridgehead atoms. The topological polar surface area (TPSA) is 47.9 Å². The Balaban J connectivity index is -0.000000845. The summed E-state index contributed by atoms with van der Waals surface area (Å²) in [6, 6.07) is 0. The van der Waals surface area contributed by atoms with E-state index < -0.39 is 8.17 Å². The number of hydrogen-bond acceptors (Lipinski definition) is 4. The molecular formula is C9H24Cl2O4P+. The average Bonchev–Trinajstić information content (AvgIpc) is 2.21. The summed E-state index contributed by atoms with van der Waals surface area (Å²) >= 11 is 0. The van der Waals surface area contributed by atoms with Gasteiger partial charge in [0.25, 0.3) is 0 Å². The van der Waals surface area contributed by atoms with Crippen LogP contribution in [0.3, 0.4) is 0 Å². The molecule has 0 atom stereocenters. The van der Waals surface area contributed by atoms with Gasteiger partial charge in [-0.25, -0.2) is 0 Å². The lowest BCUT2D eigenvalue weighted by Crippen LogP contribution is -2.08. The van der Waals surface area contributed by atoms with Crippen LogP contribution in [0.2, 0.25) is 0 Å². The van der Waals surface area contributed by atoms with Crippen LogP contribution in [0, 0.1) is 0 Å². The summed E-state index contributed by atoms with van der Waals surface area (Å²) in [5, 5.41) is 0. The van der Waals surface area contributed by atoms with E-state index in [2.05, 4.69) is 0 Å². The molecule has 0 spiro atoms. The van der Waals surface area contributed by atoms with E-state index in [9.17, 15) is 4.89 Å². The maximum Gasteiger partial charge on any atom is 0.572 e. The van der Waals surface area contributed by atoms with Gasteiger partial charge in [-0.1, -0.05) is 20.8 Å². The SMILES string of the molecule is CCCO[P+](O)(OCCC)OCCC.Cl.Cl. The van der Waals surface area contributed by atoms with Gasteiger partial charge in [0, 0.05) is 0 Å². The summed E-state index contributed by atoms with van der Waals surface area (Å²) < 4.78 is 15.6. The van der Waals surface area contributed by atoms with Crippen LogP contribution in [0.4, 0.5) is 0 Å². The van der Waals surface area contributed by atoms with Crippen molar-refractivity contribution in [3.63, 3.8) is 0 Å². The molecule has 0 radical (unpaired) electrons. The minimum atomic E-state index is -3.02. The molecule has 0 aromatic rings. The van der Waals surface area contributed by atoms with Gasteiger partial charge in [-0.2, -0.15) is 18.5 Å². The fraction of sp³-hybridized carbons (Fsp3) is 1.00. The quantitative estimate of drug-likeness (QED) is 0.658. The van der Waals surface area contributed by atoms with Crippen molar-refractivity contribution in [1.29, 1.82) is 0 Å². The van der Waals surface area contributed by atoms with Crippen LogP contribution in [0.5, 0.6) is 0 Å². The summed E-state index contributed by atoms with van der Waals surface area (Å²) in [4.78, 5) is 9.85. The zero-order chi connectivity index (χ0) is 10.9. The monoisotopic (exact) mass is 297 g/mol. The Kier molecular flexibility index (Phi) is 19.2. The molecule has 0 amide bonds. The number of halogens is 2. The van der Waals surface area contributed by atoms with Crippen LogP contribution in [-0.4, -0.2) is 24.7 Å². The first-order valence-electron chi connectivity index (χ1n) is 5.24. The fourth-order valence-electron chi connectivity index (χ4n) is 0.732. The smallest absolute Gasteiger partial charge is 0.168 e. The van der Waals surface area contributed by atoms with E-state index in [1.165, 1.54) is 0 Å². The lowest BCUT2D eigenvalue weighted by atomic mass is 10.5. The molecular weight excluding hydrogens is 274 g/mol. The molecule has 0 fully saturated rings. The van der Waals surface area contributed by atoms with E-state index in [-0.39, 0.29) is 24.8 Å². The average molecular weight is 298 g/mol. The van der Waals surface area contributed by atoms with Crippen LogP contribution < -0.4 is 0 Å². The van der Waals surface area contributed by atoms with E-state index in [1.807, 2.05) is 20.8 Å². The van der Waals surface area contributed by atoms with Crippen molar-refractivity contribution < 1.29 is 18.5 Å². The largest absolute Gasteiger partial charge is 0.572 e. The predicted octanol–water partition coefficient (Wildman–Crippen LogP) is 3.78. The van der Waals surface area contributed by atoms with E-state index in [0.717, 1.165) is 19.3 Å². The molecule has 0 aromatic carbocycles. The molecule has 0 aliphatic heterocycles. The summed E-state index contributed by atoms with van der Waals surface area (Å²) in [5.74, 6) is 0. The van der Waals surface area contributed by atoms with Gasteiger partial charge in [0.05, 0.1) is 19.8 Å². The molecule has 0 aromatic heterocycles.